The van der Waals surface area contributed by atoms with Gasteiger partial charge in [0, 0.05) is 0 Å². The number of hydrogen-bond acceptors (Lipinski definition) is 1. The van der Waals surface area contributed by atoms with Crippen molar-refractivity contribution >= 4 is 0 Å². The molecule has 0 bridgehead atoms. The minimum absolute atomic E-state index is 0.553. The van der Waals surface area contributed by atoms with Crippen LogP contribution in [0.1, 0.15) is 30.4 Å². The van der Waals surface area contributed by atoms with Gasteiger partial charge < -0.3 is 5.32 Å². The Morgan fingerprint density at radius 1 is 1.20 bits per heavy atom. The quantitative estimate of drug-likeness (QED) is 0.775. The Hall–Kier alpha value is -0.820. The summed E-state index contributed by atoms with van der Waals surface area (Å²) in [7, 11) is 0. The van der Waals surface area contributed by atoms with E-state index >= 15 is 0 Å². The molecule has 0 amide bonds. The molecule has 0 radical (unpaired) electrons. The van der Waals surface area contributed by atoms with Crippen molar-refractivity contribution in [3.8, 4) is 0 Å². The van der Waals surface area contributed by atoms with Gasteiger partial charge in [-0.2, -0.15) is 0 Å². The number of aryl methyl sites for hydroxylation is 1. The number of nitrogens with one attached hydrogen (secondary N) is 1. The molecular formula is C14H19N. The monoisotopic (exact) mass is 201 g/mol. The Bertz CT molecular complexity index is 342. The Morgan fingerprint density at radius 2 is 1.93 bits per heavy atom. The van der Waals surface area contributed by atoms with Gasteiger partial charge in [0.15, 0.2) is 0 Å². The molecular weight excluding hydrogens is 182 g/mol. The number of hydrogen-bond donors (Lipinski definition) is 1. The SMILES string of the molecule is Cc1ccc(C2(C3CCNC3)CC2)cc1. The standard InChI is InChI=1S/C14H19N/c1-11-2-4-12(5-3-11)14(7-8-14)13-6-9-15-10-13/h2-5,13,15H,6-10H2,1H3. The normalized spacial score (nSPS) is 27.9. The number of rotatable bonds is 2. The first-order valence-corrected chi connectivity index (χ1v) is 6.09. The molecule has 2 fully saturated rings. The van der Waals surface area contributed by atoms with Crippen LogP contribution in [-0.2, 0) is 5.41 Å². The largest absolute Gasteiger partial charge is 0.316 e. The van der Waals surface area contributed by atoms with Crippen LogP contribution in [0.5, 0.6) is 0 Å². The van der Waals surface area contributed by atoms with E-state index in [9.17, 15) is 0 Å². The van der Waals surface area contributed by atoms with Crippen LogP contribution < -0.4 is 5.32 Å². The summed E-state index contributed by atoms with van der Waals surface area (Å²) < 4.78 is 0. The lowest BCUT2D eigenvalue weighted by Crippen LogP contribution is -2.22. The van der Waals surface area contributed by atoms with Crippen molar-refractivity contribution in [2.45, 2.75) is 31.6 Å². The molecule has 1 saturated heterocycles. The van der Waals surface area contributed by atoms with E-state index in [0.717, 1.165) is 5.92 Å². The van der Waals surface area contributed by atoms with Gasteiger partial charge in [-0.25, -0.2) is 0 Å². The zero-order chi connectivity index (χ0) is 10.3. The number of benzene rings is 1. The van der Waals surface area contributed by atoms with Gasteiger partial charge in [0.1, 0.15) is 0 Å². The minimum atomic E-state index is 0.553. The zero-order valence-corrected chi connectivity index (χ0v) is 9.42. The summed E-state index contributed by atoms with van der Waals surface area (Å²) in [6.45, 7) is 4.62. The Balaban J connectivity index is 1.89. The lowest BCUT2D eigenvalue weighted by molar-refractivity contribution is 0.439. The first-order valence-electron chi connectivity index (χ1n) is 6.09. The van der Waals surface area contributed by atoms with Crippen LogP contribution in [0.2, 0.25) is 0 Å². The van der Waals surface area contributed by atoms with E-state index in [1.54, 1.807) is 5.56 Å². The van der Waals surface area contributed by atoms with E-state index in [1.807, 2.05) is 0 Å². The molecule has 1 aromatic carbocycles. The van der Waals surface area contributed by atoms with Crippen molar-refractivity contribution in [2.24, 2.45) is 5.92 Å². The molecule has 1 nitrogen and oxygen atoms in total. The van der Waals surface area contributed by atoms with Crippen molar-refractivity contribution in [2.75, 3.05) is 13.1 Å². The highest BCUT2D eigenvalue weighted by Crippen LogP contribution is 2.55. The summed E-state index contributed by atoms with van der Waals surface area (Å²) in [5.74, 6) is 0.889. The van der Waals surface area contributed by atoms with Crippen molar-refractivity contribution in [3.63, 3.8) is 0 Å². The van der Waals surface area contributed by atoms with Crippen LogP contribution in [0.15, 0.2) is 24.3 Å². The molecule has 0 aromatic heterocycles. The summed E-state index contributed by atoms with van der Waals surface area (Å²) >= 11 is 0. The predicted molar refractivity (Wildman–Crippen MR) is 63.1 cm³/mol. The van der Waals surface area contributed by atoms with Crippen LogP contribution in [0, 0.1) is 12.8 Å². The lowest BCUT2D eigenvalue weighted by atomic mass is 9.82. The maximum atomic E-state index is 3.50. The molecule has 1 atom stereocenters. The van der Waals surface area contributed by atoms with Gasteiger partial charge in [-0.1, -0.05) is 29.8 Å². The minimum Gasteiger partial charge on any atom is -0.316 e. The average molecular weight is 201 g/mol. The van der Waals surface area contributed by atoms with E-state index in [0.29, 0.717) is 5.41 Å². The van der Waals surface area contributed by atoms with Gasteiger partial charge in [0.05, 0.1) is 0 Å². The highest BCUT2D eigenvalue weighted by atomic mass is 14.9. The highest BCUT2D eigenvalue weighted by Gasteiger charge is 2.50. The molecule has 1 saturated carbocycles. The molecule has 1 aromatic rings. The molecule has 1 aliphatic carbocycles. The first kappa shape index (κ1) is 9.41. The average Bonchev–Trinajstić information content (AvgIpc) is 2.88. The van der Waals surface area contributed by atoms with Gasteiger partial charge in [-0.15, -0.1) is 0 Å². The molecule has 3 rings (SSSR count). The van der Waals surface area contributed by atoms with Gasteiger partial charge in [-0.3, -0.25) is 0 Å². The summed E-state index contributed by atoms with van der Waals surface area (Å²) in [4.78, 5) is 0. The summed E-state index contributed by atoms with van der Waals surface area (Å²) in [6, 6.07) is 9.22. The molecule has 1 heteroatoms. The van der Waals surface area contributed by atoms with Crippen LogP contribution >= 0.6 is 0 Å². The smallest absolute Gasteiger partial charge is 0.000555 e. The van der Waals surface area contributed by atoms with E-state index in [1.165, 1.54) is 37.9 Å². The fraction of sp³-hybridized carbons (Fsp3) is 0.571. The van der Waals surface area contributed by atoms with Crippen molar-refractivity contribution < 1.29 is 0 Å². The third kappa shape index (κ3) is 1.50. The second-order valence-corrected chi connectivity index (χ2v) is 5.21. The van der Waals surface area contributed by atoms with E-state index in [2.05, 4.69) is 36.5 Å². The maximum Gasteiger partial charge on any atom is -0.000555 e. The summed E-state index contributed by atoms with van der Waals surface area (Å²) in [5.41, 5.74) is 3.51. The van der Waals surface area contributed by atoms with Gasteiger partial charge >= 0.3 is 0 Å². The van der Waals surface area contributed by atoms with Gasteiger partial charge in [0.2, 0.25) is 0 Å². The zero-order valence-electron chi connectivity index (χ0n) is 9.42. The topological polar surface area (TPSA) is 12.0 Å². The van der Waals surface area contributed by atoms with E-state index in [4.69, 9.17) is 0 Å². The van der Waals surface area contributed by atoms with Crippen LogP contribution in [-0.4, -0.2) is 13.1 Å². The summed E-state index contributed by atoms with van der Waals surface area (Å²) in [6.07, 6.45) is 4.18. The second kappa shape index (κ2) is 3.34. The third-order valence-electron chi connectivity index (χ3n) is 4.26. The molecule has 80 valence electrons. The van der Waals surface area contributed by atoms with E-state index < -0.39 is 0 Å². The Morgan fingerprint density at radius 3 is 2.47 bits per heavy atom. The second-order valence-electron chi connectivity index (χ2n) is 5.21. The fourth-order valence-corrected chi connectivity index (χ4v) is 3.08. The van der Waals surface area contributed by atoms with Crippen molar-refractivity contribution in [1.82, 2.24) is 5.32 Å². The van der Waals surface area contributed by atoms with Gasteiger partial charge in [0.25, 0.3) is 0 Å². The summed E-state index contributed by atoms with van der Waals surface area (Å²) in [5, 5.41) is 3.50. The van der Waals surface area contributed by atoms with Crippen LogP contribution in [0.4, 0.5) is 0 Å². The Kier molecular flexibility index (Phi) is 2.10. The fourth-order valence-electron chi connectivity index (χ4n) is 3.08. The van der Waals surface area contributed by atoms with Crippen molar-refractivity contribution in [3.05, 3.63) is 35.4 Å². The van der Waals surface area contributed by atoms with Gasteiger partial charge in [-0.05, 0) is 56.2 Å². The van der Waals surface area contributed by atoms with Crippen LogP contribution in [0.3, 0.4) is 0 Å². The molecule has 15 heavy (non-hydrogen) atoms. The molecule has 0 spiro atoms. The predicted octanol–water partition coefficient (Wildman–Crippen LogP) is 2.64. The van der Waals surface area contributed by atoms with E-state index in [-0.39, 0.29) is 0 Å². The molecule has 1 unspecified atom stereocenters. The van der Waals surface area contributed by atoms with Crippen molar-refractivity contribution in [1.29, 1.82) is 0 Å². The maximum absolute atomic E-state index is 3.50. The molecule has 1 N–H and O–H groups in total. The Labute approximate surface area is 91.9 Å². The molecule has 1 aliphatic heterocycles. The molecule has 2 aliphatic rings. The highest BCUT2D eigenvalue weighted by molar-refractivity contribution is 5.35. The molecule has 1 heterocycles. The third-order valence-corrected chi connectivity index (χ3v) is 4.26. The van der Waals surface area contributed by atoms with Crippen LogP contribution in [0.25, 0.3) is 0 Å². The first-order chi connectivity index (χ1) is 7.31. The lowest BCUT2D eigenvalue weighted by Gasteiger charge is -2.22.